The Bertz CT molecular complexity index is 2000. The molecule has 38 heavy (non-hydrogen) atoms. The van der Waals surface area contributed by atoms with Gasteiger partial charge < -0.3 is 0 Å². The Morgan fingerprint density at radius 1 is 0.658 bits per heavy atom. The van der Waals surface area contributed by atoms with E-state index in [1.165, 1.54) is 76.8 Å². The quantitative estimate of drug-likeness (QED) is 0.156. The highest BCUT2D eigenvalue weighted by Gasteiger charge is 2.42. The predicted molar refractivity (Wildman–Crippen MR) is 156 cm³/mol. The predicted octanol–water partition coefficient (Wildman–Crippen LogP) is 9.62. The van der Waals surface area contributed by atoms with Crippen LogP contribution in [0.2, 0.25) is 0 Å². The van der Waals surface area contributed by atoms with Gasteiger partial charge in [-0.15, -0.1) is 0 Å². The van der Waals surface area contributed by atoms with Gasteiger partial charge in [-0.25, -0.2) is 4.85 Å². The second kappa shape index (κ2) is 6.61. The summed E-state index contributed by atoms with van der Waals surface area (Å²) in [5.41, 5.74) is 11.2. The van der Waals surface area contributed by atoms with E-state index in [4.69, 9.17) is 6.57 Å². The van der Waals surface area contributed by atoms with Crippen molar-refractivity contribution in [1.82, 2.24) is 0 Å². The Kier molecular flexibility index (Phi) is 3.73. The van der Waals surface area contributed by atoms with Gasteiger partial charge in [-0.3, -0.25) is 0 Å². The summed E-state index contributed by atoms with van der Waals surface area (Å²) in [5.74, 6) is 0. The van der Waals surface area contributed by atoms with Crippen LogP contribution in [0.25, 0.3) is 59.4 Å². The van der Waals surface area contributed by atoms with Crippen molar-refractivity contribution >= 4 is 38.0 Å². The third-order valence-corrected chi connectivity index (χ3v) is 9.37. The molecule has 0 atom stereocenters. The van der Waals surface area contributed by atoms with E-state index in [9.17, 15) is 5.26 Å². The first-order valence-electron chi connectivity index (χ1n) is 13.1. The van der Waals surface area contributed by atoms with Gasteiger partial charge in [0.15, 0.2) is 5.69 Å². The van der Waals surface area contributed by atoms with E-state index < -0.39 is 0 Å². The van der Waals surface area contributed by atoms with Crippen molar-refractivity contribution in [2.75, 3.05) is 0 Å². The number of fused-ring (bicyclic) bond motifs is 10. The SMILES string of the molecule is [C-]#[N+]c1ccc2c(c1)C(C)(C)c1c-2c2cccc3c4c(c5cccc1c5c32)C(C)(C)c1cc(C#N)ccc1-4. The van der Waals surface area contributed by atoms with E-state index >= 15 is 0 Å². The van der Waals surface area contributed by atoms with Crippen molar-refractivity contribution in [1.29, 1.82) is 5.26 Å². The molecule has 6 aromatic rings. The van der Waals surface area contributed by atoms with Crippen LogP contribution in [0.3, 0.4) is 0 Å². The molecule has 0 unspecified atom stereocenters. The highest BCUT2D eigenvalue weighted by atomic mass is 14.6. The highest BCUT2D eigenvalue weighted by Crippen LogP contribution is 2.60. The molecule has 0 radical (unpaired) electrons. The number of nitriles is 1. The number of nitrogens with zero attached hydrogens (tertiary/aromatic N) is 2. The maximum absolute atomic E-state index is 9.66. The van der Waals surface area contributed by atoms with Gasteiger partial charge in [-0.05, 0) is 89.0 Å². The lowest BCUT2D eigenvalue weighted by atomic mass is 9.75. The molecule has 0 aromatic heterocycles. The van der Waals surface area contributed by atoms with Crippen LogP contribution in [0.1, 0.15) is 55.5 Å². The summed E-state index contributed by atoms with van der Waals surface area (Å²) in [6.45, 7) is 16.8. The molecule has 0 spiro atoms. The molecule has 0 amide bonds. The molecule has 0 bridgehead atoms. The zero-order valence-electron chi connectivity index (χ0n) is 21.8. The van der Waals surface area contributed by atoms with Crippen LogP contribution in [0.5, 0.6) is 0 Å². The summed E-state index contributed by atoms with van der Waals surface area (Å²) in [6.07, 6.45) is 0. The molecular weight excluding hydrogens is 460 g/mol. The average molecular weight is 485 g/mol. The minimum absolute atomic E-state index is 0.224. The fourth-order valence-corrected chi connectivity index (χ4v) is 7.83. The first kappa shape index (κ1) is 21.4. The van der Waals surface area contributed by atoms with Crippen LogP contribution < -0.4 is 0 Å². The lowest BCUT2D eigenvalue weighted by Gasteiger charge is -2.28. The fourth-order valence-electron chi connectivity index (χ4n) is 7.83. The Hall–Kier alpha value is -4.66. The zero-order valence-corrected chi connectivity index (χ0v) is 21.8. The molecule has 2 aliphatic carbocycles. The molecule has 8 rings (SSSR count). The van der Waals surface area contributed by atoms with Gasteiger partial charge >= 0.3 is 0 Å². The fraction of sp³-hybridized carbons (Fsp3) is 0.167. The van der Waals surface area contributed by atoms with E-state index in [0.29, 0.717) is 11.3 Å². The van der Waals surface area contributed by atoms with Gasteiger partial charge in [0.1, 0.15) is 0 Å². The van der Waals surface area contributed by atoms with Crippen LogP contribution in [-0.4, -0.2) is 0 Å². The summed E-state index contributed by atoms with van der Waals surface area (Å²) in [5, 5.41) is 17.5. The normalized spacial score (nSPS) is 15.7. The smallest absolute Gasteiger partial charge is 0.187 e. The first-order valence-corrected chi connectivity index (χ1v) is 13.1. The van der Waals surface area contributed by atoms with Gasteiger partial charge in [0, 0.05) is 10.8 Å². The Labute approximate surface area is 221 Å². The first-order chi connectivity index (χ1) is 18.3. The van der Waals surface area contributed by atoms with Gasteiger partial charge in [0.25, 0.3) is 0 Å². The van der Waals surface area contributed by atoms with Gasteiger partial charge in [-0.2, -0.15) is 5.26 Å². The van der Waals surface area contributed by atoms with Crippen molar-refractivity contribution in [2.24, 2.45) is 0 Å². The lowest BCUT2D eigenvalue weighted by molar-refractivity contribution is 0.665. The van der Waals surface area contributed by atoms with E-state index in [-0.39, 0.29) is 10.8 Å². The molecule has 2 nitrogen and oxygen atoms in total. The largest absolute Gasteiger partial charge is 0.238 e. The van der Waals surface area contributed by atoms with Crippen LogP contribution in [0.15, 0.2) is 72.8 Å². The van der Waals surface area contributed by atoms with Crippen LogP contribution in [-0.2, 0) is 10.8 Å². The topological polar surface area (TPSA) is 28.1 Å². The number of benzene rings is 6. The van der Waals surface area contributed by atoms with Crippen LogP contribution in [0.4, 0.5) is 5.69 Å². The van der Waals surface area contributed by atoms with Crippen molar-refractivity contribution in [3.63, 3.8) is 0 Å². The van der Waals surface area contributed by atoms with Crippen molar-refractivity contribution in [2.45, 2.75) is 38.5 Å². The standard InChI is InChI=1S/C36H24N2/c1-35(2)27-16-19(18-37)12-14-21(27)31-23-8-6-9-24-29(23)30-25(33(31)35)10-7-11-26(30)34-32(24)22-15-13-20(38-5)17-28(22)36(34,3)4/h6-17H,1-4H3. The third-order valence-electron chi connectivity index (χ3n) is 9.37. The Morgan fingerprint density at radius 2 is 1.16 bits per heavy atom. The van der Waals surface area contributed by atoms with Gasteiger partial charge in [0.05, 0.1) is 18.2 Å². The summed E-state index contributed by atoms with van der Waals surface area (Å²) in [4.78, 5) is 3.75. The van der Waals surface area contributed by atoms with E-state index in [0.717, 1.165) is 0 Å². The molecule has 0 fully saturated rings. The Balaban J connectivity index is 1.64. The molecule has 0 aliphatic heterocycles. The number of rotatable bonds is 0. The molecule has 178 valence electrons. The Morgan fingerprint density at radius 3 is 1.71 bits per heavy atom. The van der Waals surface area contributed by atoms with Crippen LogP contribution in [0, 0.1) is 17.9 Å². The van der Waals surface area contributed by atoms with Crippen molar-refractivity contribution in [3.8, 4) is 28.3 Å². The minimum Gasteiger partial charge on any atom is -0.238 e. The van der Waals surface area contributed by atoms with Gasteiger partial charge in [-0.1, -0.05) is 88.4 Å². The van der Waals surface area contributed by atoms with Crippen molar-refractivity contribution in [3.05, 3.63) is 112 Å². The summed E-state index contributed by atoms with van der Waals surface area (Å²) >= 11 is 0. The molecule has 0 saturated heterocycles. The summed E-state index contributed by atoms with van der Waals surface area (Å²) in [7, 11) is 0. The maximum Gasteiger partial charge on any atom is 0.187 e. The molecule has 2 heteroatoms. The lowest BCUT2D eigenvalue weighted by Crippen LogP contribution is -2.17. The second-order valence-electron chi connectivity index (χ2n) is 11.9. The molecule has 0 heterocycles. The molecule has 6 aromatic carbocycles. The molecular formula is C36H24N2. The maximum atomic E-state index is 9.66. The van der Waals surface area contributed by atoms with E-state index in [1.807, 2.05) is 12.1 Å². The average Bonchev–Trinajstić information content (AvgIpc) is 3.32. The zero-order chi connectivity index (χ0) is 26.1. The number of hydrogen-bond acceptors (Lipinski definition) is 1. The monoisotopic (exact) mass is 484 g/mol. The third kappa shape index (κ3) is 2.25. The highest BCUT2D eigenvalue weighted by molar-refractivity contribution is 6.32. The second-order valence-corrected chi connectivity index (χ2v) is 11.9. The van der Waals surface area contributed by atoms with E-state index in [1.54, 1.807) is 0 Å². The number of hydrogen-bond donors (Lipinski definition) is 0. The minimum atomic E-state index is -0.228. The molecule has 0 saturated carbocycles. The van der Waals surface area contributed by atoms with Gasteiger partial charge in [0.2, 0.25) is 0 Å². The molecule has 0 N–H and O–H groups in total. The molecule has 2 aliphatic rings. The van der Waals surface area contributed by atoms with E-state index in [2.05, 4.69) is 99.3 Å². The summed E-state index contributed by atoms with van der Waals surface area (Å²) in [6, 6.07) is 28.3. The van der Waals surface area contributed by atoms with Crippen molar-refractivity contribution < 1.29 is 0 Å². The summed E-state index contributed by atoms with van der Waals surface area (Å²) < 4.78 is 0. The van der Waals surface area contributed by atoms with Crippen LogP contribution >= 0.6 is 0 Å².